The Labute approximate surface area is 157 Å². The third kappa shape index (κ3) is 3.90. The smallest absolute Gasteiger partial charge is 0.253 e. The van der Waals surface area contributed by atoms with Gasteiger partial charge in [0.1, 0.15) is 12.4 Å². The van der Waals surface area contributed by atoms with E-state index in [1.807, 2.05) is 51.6 Å². The molecule has 2 amide bonds. The highest BCUT2D eigenvalue weighted by Gasteiger charge is 2.35. The maximum Gasteiger partial charge on any atom is 0.253 e. The minimum atomic E-state index is 0.0216. The summed E-state index contributed by atoms with van der Waals surface area (Å²) in [7, 11) is 0. The lowest BCUT2D eigenvalue weighted by atomic mass is 10.1. The van der Waals surface area contributed by atoms with E-state index in [0.29, 0.717) is 38.3 Å². The largest absolute Gasteiger partial charge is 0.488 e. The highest BCUT2D eigenvalue weighted by Crippen LogP contribution is 2.31. The number of amides is 2. The summed E-state index contributed by atoms with van der Waals surface area (Å²) in [4.78, 5) is 29.7. The normalized spacial score (nSPS) is 17.2. The van der Waals surface area contributed by atoms with E-state index in [2.05, 4.69) is 0 Å². The lowest BCUT2D eigenvalue weighted by Crippen LogP contribution is -2.51. The van der Waals surface area contributed by atoms with E-state index in [-0.39, 0.29) is 17.7 Å². The van der Waals surface area contributed by atoms with Crippen LogP contribution in [0.2, 0.25) is 0 Å². The summed E-state index contributed by atoms with van der Waals surface area (Å²) in [6.07, 6.45) is 2.05. The van der Waals surface area contributed by atoms with Crippen LogP contribution in [-0.2, 0) is 11.4 Å². The second-order valence-electron chi connectivity index (χ2n) is 6.78. The molecule has 2 aromatic rings. The predicted octanol–water partition coefficient (Wildman–Crippen LogP) is 3.02. The van der Waals surface area contributed by atoms with Gasteiger partial charge >= 0.3 is 0 Å². The number of rotatable bonds is 5. The molecule has 1 aliphatic heterocycles. The Bertz CT molecular complexity index is 761. The zero-order valence-electron chi connectivity index (χ0n) is 14.6. The summed E-state index contributed by atoms with van der Waals surface area (Å²) in [5, 5.41) is 2.03. The van der Waals surface area contributed by atoms with Crippen molar-refractivity contribution >= 4 is 23.2 Å². The van der Waals surface area contributed by atoms with Crippen molar-refractivity contribution in [3.05, 3.63) is 52.2 Å². The molecule has 1 aromatic carbocycles. The number of carbonyl (C=O) groups is 2. The number of nitrogens with zero attached hydrogens (tertiary/aromatic N) is 2. The minimum absolute atomic E-state index is 0.0216. The standard InChI is InChI=1S/C20H22N2O3S/c23-19(15-3-4-15)21-9-11-22(12-10-21)20(24)16-5-7-17(8-6-16)25-14-18-2-1-13-26-18/h1-2,5-8,13,15H,3-4,9-12,14H2. The maximum atomic E-state index is 12.7. The van der Waals surface area contributed by atoms with Crippen LogP contribution in [0.1, 0.15) is 28.1 Å². The number of thiophene rings is 1. The molecule has 0 radical (unpaired) electrons. The summed E-state index contributed by atoms with van der Waals surface area (Å²) in [6.45, 7) is 3.04. The molecular weight excluding hydrogens is 348 g/mol. The summed E-state index contributed by atoms with van der Waals surface area (Å²) in [6, 6.07) is 11.3. The van der Waals surface area contributed by atoms with Crippen LogP contribution in [-0.4, -0.2) is 47.8 Å². The van der Waals surface area contributed by atoms with Gasteiger partial charge < -0.3 is 14.5 Å². The second kappa shape index (κ2) is 7.50. The van der Waals surface area contributed by atoms with Gasteiger partial charge in [-0.3, -0.25) is 9.59 Å². The van der Waals surface area contributed by atoms with Crippen LogP contribution in [0.5, 0.6) is 5.75 Å². The van der Waals surface area contributed by atoms with E-state index in [1.165, 1.54) is 4.88 Å². The van der Waals surface area contributed by atoms with Gasteiger partial charge in [0.25, 0.3) is 5.91 Å². The van der Waals surface area contributed by atoms with Gasteiger partial charge in [-0.1, -0.05) is 6.07 Å². The Kier molecular flexibility index (Phi) is 4.93. The zero-order chi connectivity index (χ0) is 17.9. The number of hydrogen-bond donors (Lipinski definition) is 0. The molecule has 2 heterocycles. The molecule has 26 heavy (non-hydrogen) atoms. The van der Waals surface area contributed by atoms with Crippen molar-refractivity contribution in [3.8, 4) is 5.75 Å². The number of carbonyl (C=O) groups excluding carboxylic acids is 2. The first-order chi connectivity index (χ1) is 12.7. The predicted molar refractivity (Wildman–Crippen MR) is 100 cm³/mol. The van der Waals surface area contributed by atoms with Crippen molar-refractivity contribution in [2.75, 3.05) is 26.2 Å². The molecule has 2 fully saturated rings. The number of ether oxygens (including phenoxy) is 1. The van der Waals surface area contributed by atoms with Crippen LogP contribution in [0.25, 0.3) is 0 Å². The lowest BCUT2D eigenvalue weighted by molar-refractivity contribution is -0.134. The SMILES string of the molecule is O=C(c1ccc(OCc2cccs2)cc1)N1CCN(C(=O)C2CC2)CC1. The fourth-order valence-electron chi connectivity index (χ4n) is 3.14. The molecule has 0 spiro atoms. The van der Waals surface area contributed by atoms with Crippen molar-refractivity contribution < 1.29 is 14.3 Å². The van der Waals surface area contributed by atoms with Crippen molar-refractivity contribution in [2.24, 2.45) is 5.92 Å². The van der Waals surface area contributed by atoms with Gasteiger partial charge in [-0.25, -0.2) is 0 Å². The zero-order valence-corrected chi connectivity index (χ0v) is 15.4. The molecule has 0 N–H and O–H groups in total. The molecule has 1 saturated carbocycles. The van der Waals surface area contributed by atoms with Gasteiger partial charge in [-0.05, 0) is 48.6 Å². The van der Waals surface area contributed by atoms with E-state index in [4.69, 9.17) is 4.74 Å². The maximum absolute atomic E-state index is 12.7. The Morgan fingerprint density at radius 2 is 1.69 bits per heavy atom. The van der Waals surface area contributed by atoms with Gasteiger partial charge in [0.2, 0.25) is 5.91 Å². The summed E-state index contributed by atoms with van der Waals surface area (Å²) in [5.41, 5.74) is 0.662. The van der Waals surface area contributed by atoms with Crippen LogP contribution in [0.15, 0.2) is 41.8 Å². The van der Waals surface area contributed by atoms with Crippen molar-refractivity contribution in [1.82, 2.24) is 9.80 Å². The highest BCUT2D eigenvalue weighted by atomic mass is 32.1. The first-order valence-electron chi connectivity index (χ1n) is 9.04. The lowest BCUT2D eigenvalue weighted by Gasteiger charge is -2.35. The van der Waals surface area contributed by atoms with Crippen molar-refractivity contribution in [3.63, 3.8) is 0 Å². The summed E-state index contributed by atoms with van der Waals surface area (Å²) < 4.78 is 5.74. The van der Waals surface area contributed by atoms with Crippen LogP contribution >= 0.6 is 11.3 Å². The molecule has 1 saturated heterocycles. The van der Waals surface area contributed by atoms with Gasteiger partial charge in [0, 0.05) is 42.5 Å². The van der Waals surface area contributed by atoms with Gasteiger partial charge in [0.15, 0.2) is 0 Å². The fourth-order valence-corrected chi connectivity index (χ4v) is 3.76. The van der Waals surface area contributed by atoms with Crippen LogP contribution in [0.3, 0.4) is 0 Å². The quantitative estimate of drug-likeness (QED) is 0.813. The van der Waals surface area contributed by atoms with E-state index >= 15 is 0 Å². The first-order valence-corrected chi connectivity index (χ1v) is 9.92. The number of benzene rings is 1. The Balaban J connectivity index is 1.29. The van der Waals surface area contributed by atoms with E-state index < -0.39 is 0 Å². The molecule has 0 bridgehead atoms. The van der Waals surface area contributed by atoms with Crippen LogP contribution in [0, 0.1) is 5.92 Å². The minimum Gasteiger partial charge on any atom is -0.488 e. The third-order valence-electron chi connectivity index (χ3n) is 4.87. The molecule has 5 nitrogen and oxygen atoms in total. The molecule has 136 valence electrons. The third-order valence-corrected chi connectivity index (χ3v) is 5.72. The van der Waals surface area contributed by atoms with E-state index in [9.17, 15) is 9.59 Å². The Morgan fingerprint density at radius 3 is 2.31 bits per heavy atom. The van der Waals surface area contributed by atoms with Crippen LogP contribution in [0.4, 0.5) is 0 Å². The fraction of sp³-hybridized carbons (Fsp3) is 0.400. The summed E-state index contributed by atoms with van der Waals surface area (Å²) >= 11 is 1.66. The number of piperazine rings is 1. The highest BCUT2D eigenvalue weighted by molar-refractivity contribution is 7.09. The monoisotopic (exact) mass is 370 g/mol. The van der Waals surface area contributed by atoms with Crippen LogP contribution < -0.4 is 4.74 Å². The first kappa shape index (κ1) is 17.1. The molecule has 0 atom stereocenters. The Morgan fingerprint density at radius 1 is 1.00 bits per heavy atom. The molecule has 1 aromatic heterocycles. The summed E-state index contributed by atoms with van der Waals surface area (Å²) in [5.74, 6) is 1.30. The molecule has 2 aliphatic rings. The topological polar surface area (TPSA) is 49.9 Å². The molecule has 6 heteroatoms. The van der Waals surface area contributed by atoms with E-state index in [0.717, 1.165) is 18.6 Å². The molecule has 0 unspecified atom stereocenters. The molecule has 1 aliphatic carbocycles. The van der Waals surface area contributed by atoms with Gasteiger partial charge in [-0.2, -0.15) is 0 Å². The van der Waals surface area contributed by atoms with Crippen molar-refractivity contribution in [2.45, 2.75) is 19.4 Å². The van der Waals surface area contributed by atoms with E-state index in [1.54, 1.807) is 11.3 Å². The molecular formula is C20H22N2O3S. The molecule has 4 rings (SSSR count). The number of hydrogen-bond acceptors (Lipinski definition) is 4. The van der Waals surface area contributed by atoms with Gasteiger partial charge in [-0.15, -0.1) is 11.3 Å². The van der Waals surface area contributed by atoms with Gasteiger partial charge in [0.05, 0.1) is 0 Å². The average Bonchev–Trinajstić information content (AvgIpc) is 3.41. The van der Waals surface area contributed by atoms with Crippen molar-refractivity contribution in [1.29, 1.82) is 0 Å². The average molecular weight is 370 g/mol. The second-order valence-corrected chi connectivity index (χ2v) is 7.82. The Hall–Kier alpha value is -2.34.